The monoisotopic (exact) mass is 317 g/mol. The number of hydrogen-bond donors (Lipinski definition) is 0. The zero-order valence-electron chi connectivity index (χ0n) is 13.9. The molecule has 3 heteroatoms. The van der Waals surface area contributed by atoms with Gasteiger partial charge in [-0.25, -0.2) is 0 Å². The van der Waals surface area contributed by atoms with Crippen LogP contribution in [0.3, 0.4) is 0 Å². The molecule has 0 N–H and O–H groups in total. The molecule has 0 amide bonds. The molecule has 3 rings (SSSR count). The number of Topliss-reactive ketones (excluding diaryl/α,β-unsaturated/α-hetero) is 2. The maximum absolute atomic E-state index is 12.6. The second-order valence-corrected chi connectivity index (χ2v) is 6.40. The fraction of sp³-hybridized carbons (Fsp3) is 0.286. The second kappa shape index (κ2) is 6.41. The Bertz CT molecular complexity index is 843. The average Bonchev–Trinajstić information content (AvgIpc) is 2.84. The first-order valence-corrected chi connectivity index (χ1v) is 8.04. The van der Waals surface area contributed by atoms with Crippen molar-refractivity contribution in [3.05, 3.63) is 53.2 Å². The van der Waals surface area contributed by atoms with Crippen LogP contribution < -0.4 is 0 Å². The summed E-state index contributed by atoms with van der Waals surface area (Å²) in [5.41, 5.74) is 4.56. The molecule has 1 aromatic heterocycles. The van der Waals surface area contributed by atoms with Crippen LogP contribution >= 0.6 is 0 Å². The van der Waals surface area contributed by atoms with Gasteiger partial charge < -0.3 is 0 Å². The number of hydrogen-bond acceptors (Lipinski definition) is 3. The van der Waals surface area contributed by atoms with Crippen LogP contribution in [0.4, 0.5) is 0 Å². The molecule has 1 aromatic carbocycles. The van der Waals surface area contributed by atoms with Crippen molar-refractivity contribution in [1.29, 1.82) is 0 Å². The second-order valence-electron chi connectivity index (χ2n) is 6.40. The molecule has 0 spiro atoms. The Morgan fingerprint density at radius 2 is 2.00 bits per heavy atom. The zero-order chi connectivity index (χ0) is 17.3. The van der Waals surface area contributed by atoms with E-state index in [1.807, 2.05) is 50.4 Å². The smallest absolute Gasteiger partial charge is 0.152 e. The number of nitrogens with zero attached hydrogens (tertiary/aromatic N) is 1. The molecule has 2 atom stereocenters. The predicted octanol–water partition coefficient (Wildman–Crippen LogP) is 3.63. The minimum atomic E-state index is -0.686. The highest BCUT2D eigenvalue weighted by Crippen LogP contribution is 2.36. The highest BCUT2D eigenvalue weighted by atomic mass is 16.2. The van der Waals surface area contributed by atoms with Crippen molar-refractivity contribution < 1.29 is 9.59 Å². The average molecular weight is 317 g/mol. The number of carbonyl (C=O) groups is 2. The van der Waals surface area contributed by atoms with Gasteiger partial charge in [0.15, 0.2) is 5.78 Å². The molecule has 3 nitrogen and oxygen atoms in total. The van der Waals surface area contributed by atoms with Crippen LogP contribution in [0.2, 0.25) is 0 Å². The molecule has 2 aromatic rings. The molecular formula is C21H19NO2. The van der Waals surface area contributed by atoms with E-state index in [-0.39, 0.29) is 23.9 Å². The number of aryl methyl sites for hydroxylation is 2. The summed E-state index contributed by atoms with van der Waals surface area (Å²) in [6, 6.07) is 9.78. The fourth-order valence-electron chi connectivity index (χ4n) is 3.25. The molecule has 0 radical (unpaired) electrons. The number of carbonyl (C=O) groups excluding carboxylic acids is 2. The first-order chi connectivity index (χ1) is 11.5. The zero-order valence-corrected chi connectivity index (χ0v) is 13.9. The lowest BCUT2D eigenvalue weighted by atomic mass is 9.88. The van der Waals surface area contributed by atoms with E-state index in [4.69, 9.17) is 6.42 Å². The molecule has 0 aliphatic heterocycles. The maximum atomic E-state index is 12.6. The van der Waals surface area contributed by atoms with Crippen LogP contribution in [0.1, 0.15) is 35.4 Å². The third-order valence-corrected chi connectivity index (χ3v) is 4.62. The summed E-state index contributed by atoms with van der Waals surface area (Å²) >= 11 is 0. The number of aromatic nitrogens is 1. The van der Waals surface area contributed by atoms with E-state index in [0.717, 1.165) is 27.9 Å². The van der Waals surface area contributed by atoms with E-state index in [1.54, 1.807) is 0 Å². The fourth-order valence-corrected chi connectivity index (χ4v) is 3.25. The lowest BCUT2D eigenvalue weighted by Gasteiger charge is -2.14. The maximum Gasteiger partial charge on any atom is 0.152 e. The van der Waals surface area contributed by atoms with Crippen LogP contribution in [0.5, 0.6) is 0 Å². The molecule has 24 heavy (non-hydrogen) atoms. The van der Waals surface area contributed by atoms with E-state index in [9.17, 15) is 9.59 Å². The van der Waals surface area contributed by atoms with Gasteiger partial charge in [0.25, 0.3) is 0 Å². The van der Waals surface area contributed by atoms with Gasteiger partial charge in [0.05, 0.1) is 5.69 Å². The Morgan fingerprint density at radius 3 is 2.67 bits per heavy atom. The van der Waals surface area contributed by atoms with Crippen LogP contribution in [-0.4, -0.2) is 16.6 Å². The minimum absolute atomic E-state index is 0.0302. The van der Waals surface area contributed by atoms with Crippen LogP contribution in [0.15, 0.2) is 36.5 Å². The van der Waals surface area contributed by atoms with Crippen molar-refractivity contribution in [2.24, 2.45) is 5.92 Å². The largest absolute Gasteiger partial charge is 0.298 e. The van der Waals surface area contributed by atoms with Crippen molar-refractivity contribution in [3.63, 3.8) is 0 Å². The summed E-state index contributed by atoms with van der Waals surface area (Å²) in [5, 5.41) is 0. The van der Waals surface area contributed by atoms with Gasteiger partial charge in [-0.15, -0.1) is 12.3 Å². The molecule has 1 aliphatic rings. The van der Waals surface area contributed by atoms with E-state index in [2.05, 4.69) is 10.9 Å². The Labute approximate surface area is 142 Å². The van der Waals surface area contributed by atoms with Crippen molar-refractivity contribution >= 4 is 11.6 Å². The Hall–Kier alpha value is -2.73. The molecule has 1 aliphatic carbocycles. The topological polar surface area (TPSA) is 47.0 Å². The lowest BCUT2D eigenvalue weighted by Crippen LogP contribution is -2.16. The van der Waals surface area contributed by atoms with Crippen LogP contribution in [0.25, 0.3) is 11.3 Å². The van der Waals surface area contributed by atoms with Crippen molar-refractivity contribution in [2.45, 2.75) is 32.6 Å². The van der Waals surface area contributed by atoms with Crippen molar-refractivity contribution in [2.75, 3.05) is 0 Å². The van der Waals surface area contributed by atoms with Gasteiger partial charge in [-0.05, 0) is 42.7 Å². The van der Waals surface area contributed by atoms with E-state index in [0.29, 0.717) is 6.42 Å². The lowest BCUT2D eigenvalue weighted by molar-refractivity contribution is -0.124. The summed E-state index contributed by atoms with van der Waals surface area (Å²) < 4.78 is 0. The van der Waals surface area contributed by atoms with Crippen LogP contribution in [0, 0.1) is 32.1 Å². The van der Waals surface area contributed by atoms with Gasteiger partial charge in [0.2, 0.25) is 0 Å². The molecule has 1 fully saturated rings. The molecule has 1 saturated carbocycles. The predicted molar refractivity (Wildman–Crippen MR) is 93.5 cm³/mol. The molecule has 1 heterocycles. The van der Waals surface area contributed by atoms with E-state index >= 15 is 0 Å². The minimum Gasteiger partial charge on any atom is -0.298 e. The summed E-state index contributed by atoms with van der Waals surface area (Å²) in [6.07, 6.45) is 7.71. The Morgan fingerprint density at radius 1 is 1.21 bits per heavy atom. The standard InChI is InChI=1S/C21H19NO2/c1-4-5-16-11-19(23)20(21(16)24)17-10-15(8-7-14(17)3)18-9-6-13(2)12-22-18/h1,6-10,12,16,20H,5,11H2,2-3H3. The number of ketones is 2. The highest BCUT2D eigenvalue weighted by molar-refractivity contribution is 6.14. The molecule has 0 saturated heterocycles. The number of pyridine rings is 1. The third kappa shape index (κ3) is 2.88. The Kier molecular flexibility index (Phi) is 4.31. The highest BCUT2D eigenvalue weighted by Gasteiger charge is 2.42. The van der Waals surface area contributed by atoms with Crippen molar-refractivity contribution in [3.8, 4) is 23.6 Å². The SMILES string of the molecule is C#CCC1CC(=O)C(c2cc(-c3ccc(C)cn3)ccc2C)C1=O. The summed E-state index contributed by atoms with van der Waals surface area (Å²) in [4.78, 5) is 29.5. The first-order valence-electron chi connectivity index (χ1n) is 8.04. The van der Waals surface area contributed by atoms with Gasteiger partial charge in [0, 0.05) is 30.5 Å². The summed E-state index contributed by atoms with van der Waals surface area (Å²) in [5.74, 6) is 1.40. The van der Waals surface area contributed by atoms with Gasteiger partial charge in [-0.3, -0.25) is 14.6 Å². The molecular weight excluding hydrogens is 298 g/mol. The van der Waals surface area contributed by atoms with Gasteiger partial charge in [-0.2, -0.15) is 0 Å². The molecule has 0 bridgehead atoms. The normalized spacial score (nSPS) is 20.2. The number of benzene rings is 1. The molecule has 2 unspecified atom stereocenters. The first kappa shape index (κ1) is 16.1. The number of terminal acetylenes is 1. The van der Waals surface area contributed by atoms with Crippen LogP contribution in [-0.2, 0) is 9.59 Å². The summed E-state index contributed by atoms with van der Waals surface area (Å²) in [7, 11) is 0. The molecule has 120 valence electrons. The van der Waals surface area contributed by atoms with E-state index in [1.165, 1.54) is 0 Å². The van der Waals surface area contributed by atoms with Gasteiger partial charge in [-0.1, -0.05) is 18.2 Å². The quantitative estimate of drug-likeness (QED) is 0.641. The van der Waals surface area contributed by atoms with Gasteiger partial charge in [0.1, 0.15) is 11.7 Å². The van der Waals surface area contributed by atoms with Crippen molar-refractivity contribution in [1.82, 2.24) is 4.98 Å². The third-order valence-electron chi connectivity index (χ3n) is 4.62. The Balaban J connectivity index is 2.01. The number of rotatable bonds is 3. The van der Waals surface area contributed by atoms with E-state index < -0.39 is 5.92 Å². The summed E-state index contributed by atoms with van der Waals surface area (Å²) in [6.45, 7) is 3.91. The van der Waals surface area contributed by atoms with Gasteiger partial charge >= 0.3 is 0 Å².